The number of likely N-dealkylation sites (N-methyl/N-ethyl adjacent to an activating group) is 1. The van der Waals surface area contributed by atoms with Gasteiger partial charge in [-0.05, 0) is 49.4 Å². The number of phenolic OH excluding ortho intramolecular Hbond substituents is 1. The molecule has 1 saturated heterocycles. The fourth-order valence-electron chi connectivity index (χ4n) is 4.86. The number of hydrogen-bond acceptors (Lipinski definition) is 6. The molecule has 0 radical (unpaired) electrons. The minimum atomic E-state index is -0.385. The van der Waals surface area contributed by atoms with Gasteiger partial charge in [0.25, 0.3) is 0 Å². The van der Waals surface area contributed by atoms with Crippen LogP contribution in [0.1, 0.15) is 22.7 Å². The third-order valence-electron chi connectivity index (χ3n) is 6.75. The number of rotatable bonds is 4. The lowest BCUT2D eigenvalue weighted by Crippen LogP contribution is -2.46. The van der Waals surface area contributed by atoms with E-state index in [-0.39, 0.29) is 17.4 Å². The van der Waals surface area contributed by atoms with Crippen LogP contribution >= 0.6 is 0 Å². The maximum atomic E-state index is 12.0. The molecular weight excluding hydrogens is 416 g/mol. The topological polar surface area (TPSA) is 66.2 Å². The van der Waals surface area contributed by atoms with Crippen molar-refractivity contribution < 1.29 is 14.3 Å². The molecule has 0 spiro atoms. The van der Waals surface area contributed by atoms with Crippen molar-refractivity contribution in [2.75, 3.05) is 40.3 Å². The van der Waals surface area contributed by atoms with Gasteiger partial charge in [0.1, 0.15) is 17.1 Å². The lowest BCUT2D eigenvalue weighted by Gasteiger charge is -2.38. The quantitative estimate of drug-likeness (QED) is 0.374. The first kappa shape index (κ1) is 21.5. The van der Waals surface area contributed by atoms with Crippen LogP contribution < -0.4 is 10.4 Å². The zero-order valence-corrected chi connectivity index (χ0v) is 19.2. The summed E-state index contributed by atoms with van der Waals surface area (Å²) in [5.41, 5.74) is 2.93. The fourth-order valence-corrected chi connectivity index (χ4v) is 4.86. The Morgan fingerprint density at radius 2 is 1.61 bits per heavy atom. The molecule has 170 valence electrons. The standard InChI is InChI=1S/C27H28N2O4/c1-17-16-24(30)33-27-20(17)8-9-21-22(27)10-11-23(26(21)31)25(29-14-12-28(2)13-15-29)18-4-6-19(32-3)7-5-18/h4-11,16,25,31H,12-15H2,1-3H3/t25-/m1/s1. The van der Waals surface area contributed by atoms with Gasteiger partial charge in [-0.25, -0.2) is 4.79 Å². The minimum absolute atomic E-state index is 0.103. The van der Waals surface area contributed by atoms with Crippen molar-refractivity contribution in [3.63, 3.8) is 0 Å². The first-order chi connectivity index (χ1) is 16.0. The molecule has 1 fully saturated rings. The fraction of sp³-hybridized carbons (Fsp3) is 0.296. The van der Waals surface area contributed by atoms with E-state index >= 15 is 0 Å². The third-order valence-corrected chi connectivity index (χ3v) is 6.75. The van der Waals surface area contributed by atoms with Gasteiger partial charge in [0.05, 0.1) is 13.2 Å². The molecule has 0 saturated carbocycles. The lowest BCUT2D eigenvalue weighted by atomic mass is 9.92. The van der Waals surface area contributed by atoms with Crippen LogP contribution in [0.2, 0.25) is 0 Å². The number of aromatic hydroxyl groups is 1. The molecule has 1 aromatic heterocycles. The Morgan fingerprint density at radius 1 is 0.939 bits per heavy atom. The third kappa shape index (κ3) is 3.86. The molecular formula is C27H28N2O4. The number of piperazine rings is 1. The number of benzene rings is 3. The second kappa shape index (κ2) is 8.54. The lowest BCUT2D eigenvalue weighted by molar-refractivity contribution is 0.126. The molecule has 0 amide bonds. The van der Waals surface area contributed by atoms with Gasteiger partial charge in [-0.1, -0.05) is 24.3 Å². The van der Waals surface area contributed by atoms with E-state index in [4.69, 9.17) is 9.15 Å². The van der Waals surface area contributed by atoms with E-state index in [1.807, 2.05) is 43.3 Å². The van der Waals surface area contributed by atoms with Crippen molar-refractivity contribution in [3.05, 3.63) is 81.7 Å². The Labute approximate surface area is 192 Å². The Hall–Kier alpha value is -3.35. The molecule has 4 aromatic rings. The van der Waals surface area contributed by atoms with Crippen molar-refractivity contribution in [1.29, 1.82) is 0 Å². The Balaban J connectivity index is 1.68. The maximum absolute atomic E-state index is 12.0. The highest BCUT2D eigenvalue weighted by Crippen LogP contribution is 2.41. The summed E-state index contributed by atoms with van der Waals surface area (Å²) in [5.74, 6) is 1.02. The van der Waals surface area contributed by atoms with Gasteiger partial charge >= 0.3 is 5.63 Å². The van der Waals surface area contributed by atoms with Gasteiger partial charge in [0, 0.05) is 54.0 Å². The van der Waals surface area contributed by atoms with Crippen molar-refractivity contribution >= 4 is 21.7 Å². The first-order valence-electron chi connectivity index (χ1n) is 11.2. The Morgan fingerprint density at radius 3 is 2.30 bits per heavy atom. The second-order valence-electron chi connectivity index (χ2n) is 8.80. The summed E-state index contributed by atoms with van der Waals surface area (Å²) in [6.45, 7) is 5.63. The van der Waals surface area contributed by atoms with Gasteiger partial charge in [-0.2, -0.15) is 0 Å². The van der Waals surface area contributed by atoms with Crippen molar-refractivity contribution in [3.8, 4) is 11.5 Å². The van der Waals surface area contributed by atoms with Crippen LogP contribution in [0.25, 0.3) is 21.7 Å². The second-order valence-corrected chi connectivity index (χ2v) is 8.80. The van der Waals surface area contributed by atoms with Crippen molar-refractivity contribution in [2.45, 2.75) is 13.0 Å². The van der Waals surface area contributed by atoms with Crippen LogP contribution in [0.15, 0.2) is 63.8 Å². The molecule has 0 aliphatic carbocycles. The summed E-state index contributed by atoms with van der Waals surface area (Å²) in [7, 11) is 3.79. The van der Waals surface area contributed by atoms with E-state index in [1.165, 1.54) is 6.07 Å². The van der Waals surface area contributed by atoms with Crippen LogP contribution in [0.4, 0.5) is 0 Å². The van der Waals surface area contributed by atoms with Crippen LogP contribution in [0.5, 0.6) is 11.5 Å². The molecule has 6 heteroatoms. The highest BCUT2D eigenvalue weighted by molar-refractivity contribution is 6.07. The molecule has 5 rings (SSSR count). The zero-order valence-electron chi connectivity index (χ0n) is 19.2. The molecule has 0 bridgehead atoms. The molecule has 6 nitrogen and oxygen atoms in total. The number of nitrogens with zero attached hydrogens (tertiary/aromatic N) is 2. The maximum Gasteiger partial charge on any atom is 0.336 e. The average Bonchev–Trinajstić information content (AvgIpc) is 2.82. The molecule has 1 aliphatic rings. The van der Waals surface area contributed by atoms with E-state index in [9.17, 15) is 9.90 Å². The normalized spacial score (nSPS) is 16.3. The molecule has 1 N–H and O–H groups in total. The monoisotopic (exact) mass is 444 g/mol. The number of phenols is 1. The number of ether oxygens (including phenoxy) is 1. The average molecular weight is 445 g/mol. The van der Waals surface area contributed by atoms with Gasteiger partial charge in [0.15, 0.2) is 0 Å². The summed E-state index contributed by atoms with van der Waals surface area (Å²) in [5, 5.41) is 13.8. The molecule has 1 atom stereocenters. The largest absolute Gasteiger partial charge is 0.507 e. The van der Waals surface area contributed by atoms with Gasteiger partial charge in [0.2, 0.25) is 0 Å². The molecule has 2 heterocycles. The van der Waals surface area contributed by atoms with E-state index in [0.717, 1.165) is 59.4 Å². The smallest absolute Gasteiger partial charge is 0.336 e. The van der Waals surface area contributed by atoms with Gasteiger partial charge in [-0.3, -0.25) is 4.90 Å². The van der Waals surface area contributed by atoms with Crippen molar-refractivity contribution in [2.24, 2.45) is 0 Å². The summed E-state index contributed by atoms with van der Waals surface area (Å²) in [6.07, 6.45) is 0. The summed E-state index contributed by atoms with van der Waals surface area (Å²) >= 11 is 0. The van der Waals surface area contributed by atoms with Crippen LogP contribution in [0.3, 0.4) is 0 Å². The predicted molar refractivity (Wildman–Crippen MR) is 130 cm³/mol. The van der Waals surface area contributed by atoms with E-state index in [1.54, 1.807) is 7.11 Å². The zero-order chi connectivity index (χ0) is 23.1. The van der Waals surface area contributed by atoms with E-state index in [2.05, 4.69) is 29.0 Å². The molecule has 33 heavy (non-hydrogen) atoms. The van der Waals surface area contributed by atoms with E-state index < -0.39 is 0 Å². The van der Waals surface area contributed by atoms with Gasteiger partial charge < -0.3 is 19.2 Å². The SMILES string of the molecule is COc1ccc([C@H](c2ccc3c(ccc4c(C)cc(=O)oc43)c2O)N2CCN(C)CC2)cc1. The highest BCUT2D eigenvalue weighted by atomic mass is 16.5. The van der Waals surface area contributed by atoms with Crippen LogP contribution in [-0.2, 0) is 0 Å². The Kier molecular flexibility index (Phi) is 5.56. The molecule has 1 aliphatic heterocycles. The number of hydrogen-bond donors (Lipinski definition) is 1. The van der Waals surface area contributed by atoms with E-state index in [0.29, 0.717) is 11.0 Å². The molecule has 3 aromatic carbocycles. The Bertz CT molecular complexity index is 1370. The summed E-state index contributed by atoms with van der Waals surface area (Å²) < 4.78 is 10.9. The first-order valence-corrected chi connectivity index (χ1v) is 11.2. The highest BCUT2D eigenvalue weighted by Gasteiger charge is 2.28. The number of aryl methyl sites for hydroxylation is 1. The summed E-state index contributed by atoms with van der Waals surface area (Å²) in [4.78, 5) is 16.8. The number of fused-ring (bicyclic) bond motifs is 3. The predicted octanol–water partition coefficient (Wildman–Crippen LogP) is 4.31. The van der Waals surface area contributed by atoms with Crippen LogP contribution in [-0.4, -0.2) is 55.2 Å². The van der Waals surface area contributed by atoms with Gasteiger partial charge in [-0.15, -0.1) is 0 Å². The number of methoxy groups -OCH3 is 1. The minimum Gasteiger partial charge on any atom is -0.507 e. The molecule has 0 unspecified atom stereocenters. The summed E-state index contributed by atoms with van der Waals surface area (Å²) in [6, 6.07) is 17.2. The van der Waals surface area contributed by atoms with Crippen LogP contribution in [0, 0.1) is 6.92 Å². The van der Waals surface area contributed by atoms with Crippen molar-refractivity contribution in [1.82, 2.24) is 9.80 Å².